The third-order valence-corrected chi connectivity index (χ3v) is 5.81. The van der Waals surface area contributed by atoms with Crippen LogP contribution in [0.15, 0.2) is 24.3 Å². The Morgan fingerprint density at radius 3 is 2.64 bits per heavy atom. The molecule has 1 aromatic rings. The smallest absolute Gasteiger partial charge is 0.222 e. The van der Waals surface area contributed by atoms with Crippen LogP contribution in [0, 0.1) is 5.92 Å². The number of rotatable bonds is 6. The second-order valence-corrected chi connectivity index (χ2v) is 8.26. The second kappa shape index (κ2) is 7.33. The highest BCUT2D eigenvalue weighted by molar-refractivity contribution is 7.91. The summed E-state index contributed by atoms with van der Waals surface area (Å²) in [6, 6.07) is 7.03. The van der Waals surface area contributed by atoms with Gasteiger partial charge in [0.2, 0.25) is 5.91 Å². The van der Waals surface area contributed by atoms with E-state index in [1.165, 1.54) is 0 Å². The van der Waals surface area contributed by atoms with Gasteiger partial charge in [-0.1, -0.05) is 11.6 Å². The Morgan fingerprint density at radius 2 is 2.05 bits per heavy atom. The van der Waals surface area contributed by atoms with Crippen molar-refractivity contribution in [3.63, 3.8) is 0 Å². The Labute approximate surface area is 136 Å². The molecule has 7 heteroatoms. The molecule has 122 valence electrons. The average Bonchev–Trinajstić information content (AvgIpc) is 2.80. The molecule has 1 fully saturated rings. The van der Waals surface area contributed by atoms with E-state index < -0.39 is 9.84 Å². The summed E-state index contributed by atoms with van der Waals surface area (Å²) >= 11 is 5.79. The molecule has 1 aromatic carbocycles. The molecule has 1 amide bonds. The van der Waals surface area contributed by atoms with Crippen LogP contribution in [0.2, 0.25) is 5.02 Å². The van der Waals surface area contributed by atoms with Crippen LogP contribution in [0.3, 0.4) is 0 Å². The first-order valence-electron chi connectivity index (χ1n) is 7.18. The van der Waals surface area contributed by atoms with Gasteiger partial charge in [0.15, 0.2) is 9.84 Å². The first kappa shape index (κ1) is 17.1. The lowest BCUT2D eigenvalue weighted by Gasteiger charge is -2.19. The van der Waals surface area contributed by atoms with Crippen molar-refractivity contribution in [1.82, 2.24) is 4.90 Å². The molecule has 1 heterocycles. The molecule has 1 aliphatic heterocycles. The van der Waals surface area contributed by atoms with Gasteiger partial charge in [-0.05, 0) is 36.6 Å². The third-order valence-electron chi connectivity index (χ3n) is 3.72. The minimum atomic E-state index is -2.93. The molecule has 0 spiro atoms. The van der Waals surface area contributed by atoms with Crippen LogP contribution in [0.1, 0.15) is 12.8 Å². The molecule has 5 nitrogen and oxygen atoms in total. The fourth-order valence-corrected chi connectivity index (χ4v) is 4.38. The van der Waals surface area contributed by atoms with Crippen molar-refractivity contribution >= 4 is 27.3 Å². The van der Waals surface area contributed by atoms with E-state index >= 15 is 0 Å². The predicted molar refractivity (Wildman–Crippen MR) is 86.0 cm³/mol. The van der Waals surface area contributed by atoms with Gasteiger partial charge in [-0.2, -0.15) is 0 Å². The van der Waals surface area contributed by atoms with E-state index in [9.17, 15) is 13.2 Å². The SMILES string of the molecule is CN(CCOc1ccc(Cl)cc1)C(=O)CC1CCS(=O)(=O)C1. The molecule has 0 N–H and O–H groups in total. The zero-order valence-electron chi connectivity index (χ0n) is 12.5. The highest BCUT2D eigenvalue weighted by Gasteiger charge is 2.30. The number of ether oxygens (including phenoxy) is 1. The zero-order chi connectivity index (χ0) is 16.2. The molecular formula is C15H20ClNO4S. The third kappa shape index (κ3) is 5.18. The molecule has 22 heavy (non-hydrogen) atoms. The topological polar surface area (TPSA) is 63.7 Å². The lowest BCUT2D eigenvalue weighted by atomic mass is 10.0. The van der Waals surface area contributed by atoms with Gasteiger partial charge in [0.25, 0.3) is 0 Å². The van der Waals surface area contributed by atoms with Crippen molar-refractivity contribution in [3.8, 4) is 5.75 Å². The summed E-state index contributed by atoms with van der Waals surface area (Å²) in [4.78, 5) is 13.6. The fraction of sp³-hybridized carbons (Fsp3) is 0.533. The lowest BCUT2D eigenvalue weighted by Crippen LogP contribution is -2.32. The monoisotopic (exact) mass is 345 g/mol. The summed E-state index contributed by atoms with van der Waals surface area (Å²) < 4.78 is 28.3. The van der Waals surface area contributed by atoms with Crippen LogP contribution in [-0.2, 0) is 14.6 Å². The molecule has 0 bridgehead atoms. The van der Waals surface area contributed by atoms with E-state index in [1.807, 2.05) is 0 Å². The van der Waals surface area contributed by atoms with Crippen LogP contribution < -0.4 is 4.74 Å². The Morgan fingerprint density at radius 1 is 1.36 bits per heavy atom. The van der Waals surface area contributed by atoms with Gasteiger partial charge in [-0.15, -0.1) is 0 Å². The highest BCUT2D eigenvalue weighted by atomic mass is 35.5. The number of carbonyl (C=O) groups is 1. The number of hydrogen-bond acceptors (Lipinski definition) is 4. The molecule has 1 aliphatic rings. The predicted octanol–water partition coefficient (Wildman–Crippen LogP) is 2.00. The molecule has 1 atom stereocenters. The number of hydrogen-bond donors (Lipinski definition) is 0. The Bertz CT molecular complexity index is 615. The molecule has 1 unspecified atom stereocenters. The van der Waals surface area contributed by atoms with Crippen molar-refractivity contribution in [2.24, 2.45) is 5.92 Å². The van der Waals surface area contributed by atoms with Crippen LogP contribution in [-0.4, -0.2) is 50.9 Å². The maximum absolute atomic E-state index is 12.1. The summed E-state index contributed by atoms with van der Waals surface area (Å²) in [5, 5.41) is 0.645. The first-order valence-corrected chi connectivity index (χ1v) is 9.38. The number of amides is 1. The van der Waals surface area contributed by atoms with Gasteiger partial charge in [-0.25, -0.2) is 8.42 Å². The van der Waals surface area contributed by atoms with E-state index in [1.54, 1.807) is 36.2 Å². The summed E-state index contributed by atoms with van der Waals surface area (Å²) in [7, 11) is -1.22. The van der Waals surface area contributed by atoms with Crippen molar-refractivity contribution < 1.29 is 17.9 Å². The quantitative estimate of drug-likeness (QED) is 0.791. The normalized spacial score (nSPS) is 19.8. The Balaban J connectivity index is 1.71. The Hall–Kier alpha value is -1.27. The van der Waals surface area contributed by atoms with Gasteiger partial charge in [0.05, 0.1) is 18.1 Å². The van der Waals surface area contributed by atoms with Crippen LogP contribution in [0.4, 0.5) is 0 Å². The lowest BCUT2D eigenvalue weighted by molar-refractivity contribution is -0.131. The van der Waals surface area contributed by atoms with E-state index in [0.29, 0.717) is 30.3 Å². The molecule has 2 rings (SSSR count). The standard InChI is InChI=1S/C15H20ClNO4S/c1-17(7-8-21-14-4-2-13(16)3-5-14)15(18)10-12-6-9-22(19,20)11-12/h2-5,12H,6-11H2,1H3. The minimum absolute atomic E-state index is 0.0400. The number of likely N-dealkylation sites (N-methyl/N-ethyl adjacent to an activating group) is 1. The molecule has 0 radical (unpaired) electrons. The van der Waals surface area contributed by atoms with Gasteiger partial charge in [0.1, 0.15) is 12.4 Å². The number of nitrogens with zero attached hydrogens (tertiary/aromatic N) is 1. The summed E-state index contributed by atoms with van der Waals surface area (Å²) in [5.74, 6) is 0.952. The van der Waals surface area contributed by atoms with Crippen molar-refractivity contribution in [3.05, 3.63) is 29.3 Å². The van der Waals surface area contributed by atoms with E-state index in [0.717, 1.165) is 0 Å². The highest BCUT2D eigenvalue weighted by Crippen LogP contribution is 2.22. The summed E-state index contributed by atoms with van der Waals surface area (Å²) in [6.45, 7) is 0.841. The van der Waals surface area contributed by atoms with Gasteiger partial charge < -0.3 is 9.64 Å². The Kier molecular flexibility index (Phi) is 5.69. The molecule has 0 saturated carbocycles. The zero-order valence-corrected chi connectivity index (χ0v) is 14.1. The minimum Gasteiger partial charge on any atom is -0.492 e. The molecule has 0 aromatic heterocycles. The van der Waals surface area contributed by atoms with Crippen LogP contribution >= 0.6 is 11.6 Å². The van der Waals surface area contributed by atoms with E-state index in [4.69, 9.17) is 16.3 Å². The van der Waals surface area contributed by atoms with E-state index in [-0.39, 0.29) is 29.8 Å². The van der Waals surface area contributed by atoms with Gasteiger partial charge in [-0.3, -0.25) is 4.79 Å². The number of benzene rings is 1. The summed E-state index contributed by atoms with van der Waals surface area (Å²) in [6.07, 6.45) is 0.875. The van der Waals surface area contributed by atoms with Crippen molar-refractivity contribution in [2.75, 3.05) is 31.7 Å². The number of sulfone groups is 1. The fourth-order valence-electron chi connectivity index (χ4n) is 2.39. The number of halogens is 1. The van der Waals surface area contributed by atoms with Crippen molar-refractivity contribution in [1.29, 1.82) is 0 Å². The van der Waals surface area contributed by atoms with Gasteiger partial charge >= 0.3 is 0 Å². The average molecular weight is 346 g/mol. The second-order valence-electron chi connectivity index (χ2n) is 5.59. The maximum atomic E-state index is 12.1. The summed E-state index contributed by atoms with van der Waals surface area (Å²) in [5.41, 5.74) is 0. The van der Waals surface area contributed by atoms with Crippen molar-refractivity contribution in [2.45, 2.75) is 12.8 Å². The first-order chi connectivity index (χ1) is 10.4. The van der Waals surface area contributed by atoms with Crippen LogP contribution in [0.25, 0.3) is 0 Å². The number of carbonyl (C=O) groups excluding carboxylic acids is 1. The molecule has 1 saturated heterocycles. The molecule has 0 aliphatic carbocycles. The van der Waals surface area contributed by atoms with E-state index in [2.05, 4.69) is 0 Å². The largest absolute Gasteiger partial charge is 0.492 e. The maximum Gasteiger partial charge on any atom is 0.222 e. The van der Waals surface area contributed by atoms with Crippen LogP contribution in [0.5, 0.6) is 5.75 Å². The van der Waals surface area contributed by atoms with Gasteiger partial charge in [0, 0.05) is 18.5 Å². The molecular weight excluding hydrogens is 326 g/mol.